The Morgan fingerprint density at radius 2 is 1.73 bits per heavy atom. The molecule has 0 saturated heterocycles. The van der Waals surface area contributed by atoms with Crippen molar-refractivity contribution in [2.45, 2.75) is 59.8 Å². The van der Waals surface area contributed by atoms with Crippen LogP contribution in [0.2, 0.25) is 0 Å². The highest BCUT2D eigenvalue weighted by molar-refractivity contribution is 5.08. The standard InChI is InChI=1S/C15H26/c1-10-7-11-8-14(2,3)9-13(11)15(4)6-5-12(10)15/h10-13H,5-9H2,1-4H3/t10?,11-,12+,13+,15+/m1/s1. The van der Waals surface area contributed by atoms with E-state index in [-0.39, 0.29) is 0 Å². The fraction of sp³-hybridized carbons (Fsp3) is 1.00. The zero-order valence-corrected chi connectivity index (χ0v) is 10.8. The summed E-state index contributed by atoms with van der Waals surface area (Å²) in [5, 5.41) is 0. The number of fused-ring (bicyclic) bond motifs is 3. The molecule has 0 spiro atoms. The van der Waals surface area contributed by atoms with Crippen molar-refractivity contribution in [2.24, 2.45) is 34.5 Å². The van der Waals surface area contributed by atoms with E-state index >= 15 is 0 Å². The van der Waals surface area contributed by atoms with E-state index in [4.69, 9.17) is 0 Å². The molecule has 0 N–H and O–H groups in total. The van der Waals surface area contributed by atoms with E-state index in [1.807, 2.05) is 0 Å². The highest BCUT2D eigenvalue weighted by atomic mass is 14.6. The van der Waals surface area contributed by atoms with Crippen molar-refractivity contribution < 1.29 is 0 Å². The van der Waals surface area contributed by atoms with Gasteiger partial charge in [-0.25, -0.2) is 0 Å². The second-order valence-electron chi connectivity index (χ2n) is 7.80. The summed E-state index contributed by atoms with van der Waals surface area (Å²) in [6.07, 6.45) is 7.61. The van der Waals surface area contributed by atoms with Gasteiger partial charge in [0.25, 0.3) is 0 Å². The van der Waals surface area contributed by atoms with Crippen molar-refractivity contribution >= 4 is 0 Å². The predicted molar refractivity (Wildman–Crippen MR) is 64.6 cm³/mol. The molecule has 3 aliphatic rings. The molecule has 15 heavy (non-hydrogen) atoms. The molecule has 5 atom stereocenters. The van der Waals surface area contributed by atoms with Gasteiger partial charge in [0.1, 0.15) is 0 Å². The lowest BCUT2D eigenvalue weighted by Crippen LogP contribution is -2.52. The van der Waals surface area contributed by atoms with Crippen LogP contribution in [0.25, 0.3) is 0 Å². The first-order chi connectivity index (χ1) is 6.92. The largest absolute Gasteiger partial charge is 0.0622 e. The van der Waals surface area contributed by atoms with Crippen molar-refractivity contribution in [1.29, 1.82) is 0 Å². The summed E-state index contributed by atoms with van der Waals surface area (Å²) in [6.45, 7) is 10.1. The van der Waals surface area contributed by atoms with Crippen LogP contribution in [0, 0.1) is 34.5 Å². The van der Waals surface area contributed by atoms with Crippen LogP contribution >= 0.6 is 0 Å². The van der Waals surface area contributed by atoms with Crippen LogP contribution in [-0.2, 0) is 0 Å². The molecule has 0 aromatic carbocycles. The Morgan fingerprint density at radius 3 is 2.33 bits per heavy atom. The second kappa shape index (κ2) is 2.81. The molecule has 0 aromatic rings. The number of hydrogen-bond donors (Lipinski definition) is 0. The molecule has 86 valence electrons. The molecule has 0 nitrogen and oxygen atoms in total. The average Bonchev–Trinajstić information content (AvgIpc) is 2.36. The highest BCUT2D eigenvalue weighted by Crippen LogP contribution is 2.67. The monoisotopic (exact) mass is 206 g/mol. The first kappa shape index (κ1) is 10.2. The van der Waals surface area contributed by atoms with Crippen LogP contribution in [0.5, 0.6) is 0 Å². The van der Waals surface area contributed by atoms with E-state index in [0.717, 1.165) is 29.1 Å². The summed E-state index contributed by atoms with van der Waals surface area (Å²) >= 11 is 0. The maximum Gasteiger partial charge on any atom is -0.0264 e. The first-order valence-corrected chi connectivity index (χ1v) is 6.92. The van der Waals surface area contributed by atoms with Gasteiger partial charge in [-0.1, -0.05) is 27.7 Å². The van der Waals surface area contributed by atoms with Gasteiger partial charge in [0.2, 0.25) is 0 Å². The summed E-state index contributed by atoms with van der Waals surface area (Å²) in [5.74, 6) is 4.23. The van der Waals surface area contributed by atoms with Crippen LogP contribution in [0.1, 0.15) is 59.8 Å². The van der Waals surface area contributed by atoms with E-state index in [0.29, 0.717) is 5.41 Å². The fourth-order valence-electron chi connectivity index (χ4n) is 5.52. The molecule has 3 aliphatic carbocycles. The van der Waals surface area contributed by atoms with Gasteiger partial charge in [-0.15, -0.1) is 0 Å². The Kier molecular flexibility index (Phi) is 1.91. The molecule has 1 unspecified atom stereocenters. The minimum absolute atomic E-state index is 0.641. The van der Waals surface area contributed by atoms with Gasteiger partial charge in [0.05, 0.1) is 0 Å². The molecule has 3 rings (SSSR count). The molecule has 3 fully saturated rings. The van der Waals surface area contributed by atoms with Crippen molar-refractivity contribution in [3.63, 3.8) is 0 Å². The normalized spacial score (nSPS) is 56.8. The van der Waals surface area contributed by atoms with Gasteiger partial charge in [-0.2, -0.15) is 0 Å². The molecule has 0 aromatic heterocycles. The summed E-state index contributed by atoms with van der Waals surface area (Å²) in [5.41, 5.74) is 1.39. The van der Waals surface area contributed by atoms with E-state index in [1.54, 1.807) is 0 Å². The molecule has 0 heteroatoms. The third-order valence-corrected chi connectivity index (χ3v) is 6.21. The van der Waals surface area contributed by atoms with E-state index in [9.17, 15) is 0 Å². The lowest BCUT2D eigenvalue weighted by molar-refractivity contribution is -0.103. The molecular weight excluding hydrogens is 180 g/mol. The highest BCUT2D eigenvalue weighted by Gasteiger charge is 2.59. The van der Waals surface area contributed by atoms with Crippen LogP contribution in [0.3, 0.4) is 0 Å². The second-order valence-corrected chi connectivity index (χ2v) is 7.80. The fourth-order valence-corrected chi connectivity index (χ4v) is 5.52. The van der Waals surface area contributed by atoms with E-state index < -0.39 is 0 Å². The van der Waals surface area contributed by atoms with Gasteiger partial charge in [-0.3, -0.25) is 0 Å². The smallest absolute Gasteiger partial charge is 0.0264 e. The zero-order valence-electron chi connectivity index (χ0n) is 10.8. The minimum Gasteiger partial charge on any atom is -0.0622 e. The molecule has 0 radical (unpaired) electrons. The number of rotatable bonds is 0. The number of hydrogen-bond acceptors (Lipinski definition) is 0. The van der Waals surface area contributed by atoms with E-state index in [1.165, 1.54) is 32.1 Å². The minimum atomic E-state index is 0.641. The summed E-state index contributed by atoms with van der Waals surface area (Å²) in [4.78, 5) is 0. The first-order valence-electron chi connectivity index (χ1n) is 6.92. The molecule has 0 bridgehead atoms. The Bertz CT molecular complexity index is 278. The zero-order chi connectivity index (χ0) is 10.8. The Hall–Kier alpha value is 0. The lowest BCUT2D eigenvalue weighted by Gasteiger charge is -2.59. The Balaban J connectivity index is 1.90. The van der Waals surface area contributed by atoms with Crippen molar-refractivity contribution in [3.8, 4) is 0 Å². The summed E-state index contributed by atoms with van der Waals surface area (Å²) < 4.78 is 0. The average molecular weight is 206 g/mol. The van der Waals surface area contributed by atoms with Crippen molar-refractivity contribution in [2.75, 3.05) is 0 Å². The third kappa shape index (κ3) is 1.26. The molecule has 0 aliphatic heterocycles. The maximum absolute atomic E-state index is 2.61. The maximum atomic E-state index is 2.61. The van der Waals surface area contributed by atoms with Crippen LogP contribution in [0.4, 0.5) is 0 Å². The third-order valence-electron chi connectivity index (χ3n) is 6.21. The molecular formula is C15H26. The van der Waals surface area contributed by atoms with Crippen molar-refractivity contribution in [3.05, 3.63) is 0 Å². The van der Waals surface area contributed by atoms with E-state index in [2.05, 4.69) is 27.7 Å². The predicted octanol–water partition coefficient (Wildman–Crippen LogP) is 4.49. The SMILES string of the molecule is CC1C[C@@H]2CC(C)(C)C[C@@H]2[C@@]2(C)CC[C@@H]12. The van der Waals surface area contributed by atoms with Crippen molar-refractivity contribution in [1.82, 2.24) is 0 Å². The quantitative estimate of drug-likeness (QED) is 0.547. The summed E-state index contributed by atoms with van der Waals surface area (Å²) in [7, 11) is 0. The Morgan fingerprint density at radius 1 is 1.00 bits per heavy atom. The van der Waals surface area contributed by atoms with Crippen LogP contribution in [0.15, 0.2) is 0 Å². The lowest BCUT2D eigenvalue weighted by atomic mass is 9.45. The van der Waals surface area contributed by atoms with Gasteiger partial charge >= 0.3 is 0 Å². The van der Waals surface area contributed by atoms with Crippen LogP contribution < -0.4 is 0 Å². The topological polar surface area (TPSA) is 0 Å². The molecule has 0 amide bonds. The molecule has 3 saturated carbocycles. The molecule has 0 heterocycles. The van der Waals surface area contributed by atoms with Gasteiger partial charge in [-0.05, 0) is 66.6 Å². The summed E-state index contributed by atoms with van der Waals surface area (Å²) in [6, 6.07) is 0. The van der Waals surface area contributed by atoms with Gasteiger partial charge in [0, 0.05) is 0 Å². The van der Waals surface area contributed by atoms with Crippen LogP contribution in [-0.4, -0.2) is 0 Å². The van der Waals surface area contributed by atoms with Gasteiger partial charge < -0.3 is 0 Å². The van der Waals surface area contributed by atoms with Gasteiger partial charge in [0.15, 0.2) is 0 Å². The Labute approximate surface area is 94.8 Å².